The highest BCUT2D eigenvalue weighted by atomic mass is 16.4. The molecule has 15 heavy (non-hydrogen) atoms. The smallest absolute Gasteiger partial charge is 0.337 e. The molecular weight excluding hydrogens is 192 g/mol. The molecule has 0 aliphatic carbocycles. The van der Waals surface area contributed by atoms with Gasteiger partial charge in [-0.15, -0.1) is 0 Å². The summed E-state index contributed by atoms with van der Waals surface area (Å²) >= 11 is 0. The van der Waals surface area contributed by atoms with Crippen LogP contribution in [0.5, 0.6) is 0 Å². The molecule has 2 aromatic heterocycles. The third-order valence-corrected chi connectivity index (χ3v) is 2.16. The average Bonchev–Trinajstić information content (AvgIpc) is 2.67. The summed E-state index contributed by atoms with van der Waals surface area (Å²) in [4.78, 5) is 17.8. The van der Waals surface area contributed by atoms with Crippen molar-refractivity contribution >= 4 is 5.97 Å². The first kappa shape index (κ1) is 9.45. The predicted octanol–water partition coefficient (Wildman–Crippen LogP) is 2.08. The number of pyridine rings is 1. The molecule has 76 valence electrons. The number of aromatic amines is 1. The Balaban J connectivity index is 2.49. The maximum atomic E-state index is 10.9. The average molecular weight is 202 g/mol. The Labute approximate surface area is 86.6 Å². The van der Waals surface area contributed by atoms with Crippen molar-refractivity contribution in [1.82, 2.24) is 9.97 Å². The number of nitrogens with one attached hydrogen (secondary N) is 1. The maximum absolute atomic E-state index is 10.9. The van der Waals surface area contributed by atoms with Gasteiger partial charge in [-0.25, -0.2) is 4.79 Å². The van der Waals surface area contributed by atoms with Gasteiger partial charge in [0.1, 0.15) is 0 Å². The number of aromatic carboxylic acids is 1. The van der Waals surface area contributed by atoms with Gasteiger partial charge in [0.25, 0.3) is 0 Å². The Bertz CT molecular complexity index is 486. The second kappa shape index (κ2) is 3.57. The Hall–Kier alpha value is -2.10. The molecule has 0 radical (unpaired) electrons. The summed E-state index contributed by atoms with van der Waals surface area (Å²) in [5, 5.41) is 8.92. The van der Waals surface area contributed by atoms with Crippen LogP contribution in [-0.4, -0.2) is 21.0 Å². The molecule has 2 heterocycles. The van der Waals surface area contributed by atoms with Gasteiger partial charge in [-0.3, -0.25) is 4.98 Å². The van der Waals surface area contributed by atoms with Gasteiger partial charge in [-0.05, 0) is 18.6 Å². The minimum Gasteiger partial charge on any atom is -0.478 e. The van der Waals surface area contributed by atoms with E-state index in [4.69, 9.17) is 5.11 Å². The Kier molecular flexibility index (Phi) is 2.25. The van der Waals surface area contributed by atoms with Crippen LogP contribution in [0.25, 0.3) is 11.3 Å². The summed E-state index contributed by atoms with van der Waals surface area (Å²) < 4.78 is 0. The van der Waals surface area contributed by atoms with E-state index >= 15 is 0 Å². The zero-order chi connectivity index (χ0) is 10.8. The van der Waals surface area contributed by atoms with Crippen molar-refractivity contribution in [3.63, 3.8) is 0 Å². The van der Waals surface area contributed by atoms with Crippen molar-refractivity contribution in [3.05, 3.63) is 41.9 Å². The molecule has 0 spiro atoms. The summed E-state index contributed by atoms with van der Waals surface area (Å²) in [6.45, 7) is 1.94. The van der Waals surface area contributed by atoms with E-state index in [1.807, 2.05) is 19.1 Å². The first-order chi connectivity index (χ1) is 7.18. The molecule has 2 N–H and O–H groups in total. The van der Waals surface area contributed by atoms with E-state index in [2.05, 4.69) is 9.97 Å². The Morgan fingerprint density at radius 2 is 2.20 bits per heavy atom. The van der Waals surface area contributed by atoms with Crippen molar-refractivity contribution in [3.8, 4) is 11.3 Å². The molecule has 0 saturated heterocycles. The van der Waals surface area contributed by atoms with Crippen molar-refractivity contribution in [2.45, 2.75) is 6.92 Å². The minimum atomic E-state index is -0.950. The second-order valence-electron chi connectivity index (χ2n) is 3.31. The fraction of sp³-hybridized carbons (Fsp3) is 0.0909. The van der Waals surface area contributed by atoms with E-state index in [1.165, 1.54) is 6.20 Å². The number of aryl methyl sites for hydroxylation is 1. The molecule has 4 heteroatoms. The second-order valence-corrected chi connectivity index (χ2v) is 3.31. The molecule has 2 rings (SSSR count). The number of nitrogens with zero attached hydrogens (tertiary/aromatic N) is 1. The molecule has 0 aliphatic rings. The van der Waals surface area contributed by atoms with Crippen LogP contribution in [0.15, 0.2) is 30.7 Å². The van der Waals surface area contributed by atoms with Crippen LogP contribution in [0.1, 0.15) is 15.9 Å². The third kappa shape index (κ3) is 1.74. The molecule has 0 aliphatic heterocycles. The number of hydrogen-bond donors (Lipinski definition) is 2. The maximum Gasteiger partial charge on any atom is 0.337 e. The molecule has 0 amide bonds. The van der Waals surface area contributed by atoms with Crippen molar-refractivity contribution in [2.75, 3.05) is 0 Å². The summed E-state index contributed by atoms with van der Waals surface area (Å²) in [5.41, 5.74) is 2.57. The third-order valence-electron chi connectivity index (χ3n) is 2.16. The van der Waals surface area contributed by atoms with Gasteiger partial charge >= 0.3 is 5.97 Å². The number of aromatic nitrogens is 2. The van der Waals surface area contributed by atoms with E-state index in [0.29, 0.717) is 11.3 Å². The molecule has 0 bridgehead atoms. The lowest BCUT2D eigenvalue weighted by atomic mass is 10.1. The highest BCUT2D eigenvalue weighted by Gasteiger charge is 2.12. The fourth-order valence-corrected chi connectivity index (χ4v) is 1.38. The van der Waals surface area contributed by atoms with Crippen LogP contribution < -0.4 is 0 Å². The number of hydrogen-bond acceptors (Lipinski definition) is 2. The molecule has 4 nitrogen and oxygen atoms in total. The van der Waals surface area contributed by atoms with E-state index in [0.717, 1.165) is 5.56 Å². The standard InChI is InChI=1S/C11H10N2O2/c1-7-2-3-10(13-4-7)8-5-12-6-9(8)11(14)15/h2-6,12H,1H3,(H,14,15). The minimum absolute atomic E-state index is 0.242. The predicted molar refractivity (Wildman–Crippen MR) is 55.7 cm³/mol. The molecule has 0 unspecified atom stereocenters. The van der Waals surface area contributed by atoms with Crippen LogP contribution >= 0.6 is 0 Å². The van der Waals surface area contributed by atoms with Gasteiger partial charge in [-0.2, -0.15) is 0 Å². The molecule has 2 aromatic rings. The van der Waals surface area contributed by atoms with Crippen LogP contribution in [0.3, 0.4) is 0 Å². The molecule has 0 aromatic carbocycles. The normalized spacial score (nSPS) is 10.2. The molecule has 0 saturated carbocycles. The van der Waals surface area contributed by atoms with Crippen LogP contribution in [0.4, 0.5) is 0 Å². The summed E-state index contributed by atoms with van der Waals surface area (Å²) in [6, 6.07) is 3.71. The first-order valence-electron chi connectivity index (χ1n) is 4.51. The fourth-order valence-electron chi connectivity index (χ4n) is 1.38. The first-order valence-corrected chi connectivity index (χ1v) is 4.51. The Morgan fingerprint density at radius 3 is 2.80 bits per heavy atom. The van der Waals surface area contributed by atoms with Gasteiger partial charge < -0.3 is 10.1 Å². The quantitative estimate of drug-likeness (QED) is 0.783. The summed E-state index contributed by atoms with van der Waals surface area (Å²) in [5.74, 6) is -0.950. The largest absolute Gasteiger partial charge is 0.478 e. The lowest BCUT2D eigenvalue weighted by molar-refractivity contribution is 0.0698. The summed E-state index contributed by atoms with van der Waals surface area (Å²) in [6.07, 6.45) is 4.81. The molecule has 0 fully saturated rings. The van der Waals surface area contributed by atoms with E-state index in [9.17, 15) is 4.79 Å². The number of H-pyrrole nitrogens is 1. The van der Waals surface area contributed by atoms with Gasteiger partial charge in [0.15, 0.2) is 0 Å². The van der Waals surface area contributed by atoms with Crippen LogP contribution in [-0.2, 0) is 0 Å². The molecule has 0 atom stereocenters. The lowest BCUT2D eigenvalue weighted by Gasteiger charge is -1.99. The number of carboxylic acid groups (broad SMARTS) is 1. The monoisotopic (exact) mass is 202 g/mol. The Morgan fingerprint density at radius 1 is 1.40 bits per heavy atom. The number of carboxylic acids is 1. The van der Waals surface area contributed by atoms with Crippen LogP contribution in [0, 0.1) is 6.92 Å². The van der Waals surface area contributed by atoms with Crippen molar-refractivity contribution in [1.29, 1.82) is 0 Å². The van der Waals surface area contributed by atoms with Crippen molar-refractivity contribution < 1.29 is 9.90 Å². The SMILES string of the molecule is Cc1ccc(-c2c[nH]cc2C(=O)O)nc1. The topological polar surface area (TPSA) is 66.0 Å². The molecular formula is C11H10N2O2. The van der Waals surface area contributed by atoms with Gasteiger partial charge in [0, 0.05) is 24.2 Å². The number of carbonyl (C=O) groups is 1. The van der Waals surface area contributed by atoms with E-state index in [-0.39, 0.29) is 5.56 Å². The van der Waals surface area contributed by atoms with Gasteiger partial charge in [-0.1, -0.05) is 6.07 Å². The zero-order valence-corrected chi connectivity index (χ0v) is 8.19. The zero-order valence-electron chi connectivity index (χ0n) is 8.19. The lowest BCUT2D eigenvalue weighted by Crippen LogP contribution is -1.96. The highest BCUT2D eigenvalue weighted by molar-refractivity contribution is 5.95. The van der Waals surface area contributed by atoms with E-state index < -0.39 is 5.97 Å². The van der Waals surface area contributed by atoms with Crippen molar-refractivity contribution in [2.24, 2.45) is 0 Å². The number of rotatable bonds is 2. The van der Waals surface area contributed by atoms with E-state index in [1.54, 1.807) is 12.4 Å². The summed E-state index contributed by atoms with van der Waals surface area (Å²) in [7, 11) is 0. The van der Waals surface area contributed by atoms with Gasteiger partial charge in [0.05, 0.1) is 11.3 Å². The van der Waals surface area contributed by atoms with Gasteiger partial charge in [0.2, 0.25) is 0 Å². The highest BCUT2D eigenvalue weighted by Crippen LogP contribution is 2.21. The van der Waals surface area contributed by atoms with Crippen LogP contribution in [0.2, 0.25) is 0 Å².